The van der Waals surface area contributed by atoms with Gasteiger partial charge in [0.05, 0.1) is 0 Å². The quantitative estimate of drug-likeness (QED) is 0.613. The summed E-state index contributed by atoms with van der Waals surface area (Å²) in [5.41, 5.74) is 1.22. The molecule has 10 nitrogen and oxygen atoms in total. The lowest BCUT2D eigenvalue weighted by molar-refractivity contribution is 0.0754. The number of carbonyl (C=O) groups excluding carboxylic acids is 1. The van der Waals surface area contributed by atoms with Gasteiger partial charge in [-0.15, -0.1) is 0 Å². The lowest BCUT2D eigenvalue weighted by atomic mass is 10.2. The van der Waals surface area contributed by atoms with Gasteiger partial charge in [0.1, 0.15) is 10.6 Å². The Kier molecular flexibility index (Phi) is 5.39. The molecule has 1 amide bonds. The van der Waals surface area contributed by atoms with Gasteiger partial charge in [0.2, 0.25) is 10.0 Å². The first kappa shape index (κ1) is 20.2. The third kappa shape index (κ3) is 3.73. The minimum absolute atomic E-state index is 0.0971. The van der Waals surface area contributed by atoms with E-state index in [0.717, 1.165) is 5.56 Å². The molecule has 0 N–H and O–H groups in total. The Bertz CT molecular complexity index is 1140. The van der Waals surface area contributed by atoms with Gasteiger partial charge in [0, 0.05) is 50.2 Å². The summed E-state index contributed by atoms with van der Waals surface area (Å²) in [6, 6.07) is 5.15. The van der Waals surface area contributed by atoms with Crippen LogP contribution in [-0.2, 0) is 10.0 Å². The highest BCUT2D eigenvalue weighted by Crippen LogP contribution is 2.25. The van der Waals surface area contributed by atoms with Gasteiger partial charge in [-0.2, -0.15) is 4.31 Å². The number of hydrogen-bond acceptors (Lipinski definition) is 8. The van der Waals surface area contributed by atoms with Crippen LogP contribution < -0.4 is 0 Å². The molecule has 4 rings (SSSR count). The van der Waals surface area contributed by atoms with Crippen molar-refractivity contribution in [2.45, 2.75) is 25.2 Å². The van der Waals surface area contributed by atoms with Crippen LogP contribution in [0.25, 0.3) is 11.3 Å². The monoisotopic (exact) mass is 431 g/mol. The number of carbonyl (C=O) groups is 1. The van der Waals surface area contributed by atoms with E-state index in [1.54, 1.807) is 43.3 Å². The largest absolute Gasteiger partial charge is 0.360 e. The maximum atomic E-state index is 13.0. The zero-order valence-corrected chi connectivity index (χ0v) is 17.4. The average Bonchev–Trinajstić information content (AvgIpc) is 3.27. The predicted octanol–water partition coefficient (Wildman–Crippen LogP) is 1.88. The van der Waals surface area contributed by atoms with E-state index in [1.165, 1.54) is 4.31 Å². The first-order valence-electron chi connectivity index (χ1n) is 9.47. The standard InChI is InChI=1S/C19H21N5O5S/c1-13-18(14(2)28-21-13)30(26,27)24-8-4-7-23(9-10-24)19(25)16-11-17(29-22-16)15-5-3-6-20-12-15/h3,5-6,11-12H,4,7-10H2,1-2H3. The minimum atomic E-state index is -3.75. The Balaban J connectivity index is 1.48. The fraction of sp³-hybridized carbons (Fsp3) is 0.368. The van der Waals surface area contributed by atoms with E-state index < -0.39 is 10.0 Å². The third-order valence-electron chi connectivity index (χ3n) is 4.98. The maximum Gasteiger partial charge on any atom is 0.276 e. The zero-order chi connectivity index (χ0) is 21.3. The summed E-state index contributed by atoms with van der Waals surface area (Å²) in [4.78, 5) is 18.6. The molecular weight excluding hydrogens is 410 g/mol. The second-order valence-corrected chi connectivity index (χ2v) is 8.90. The molecule has 1 saturated heterocycles. The second kappa shape index (κ2) is 8.00. The zero-order valence-electron chi connectivity index (χ0n) is 16.6. The highest BCUT2D eigenvalue weighted by molar-refractivity contribution is 7.89. The Labute approximate surface area is 173 Å². The molecule has 0 aliphatic carbocycles. The fourth-order valence-corrected chi connectivity index (χ4v) is 5.25. The molecule has 1 aliphatic heterocycles. The lowest BCUT2D eigenvalue weighted by Crippen LogP contribution is -2.37. The normalized spacial score (nSPS) is 15.9. The van der Waals surface area contributed by atoms with Crippen LogP contribution in [0.5, 0.6) is 0 Å². The van der Waals surface area contributed by atoms with Crippen LogP contribution >= 0.6 is 0 Å². The van der Waals surface area contributed by atoms with Crippen LogP contribution in [0, 0.1) is 13.8 Å². The van der Waals surface area contributed by atoms with Gasteiger partial charge in [-0.05, 0) is 32.4 Å². The van der Waals surface area contributed by atoms with Crippen LogP contribution in [-0.4, -0.2) is 65.0 Å². The summed E-state index contributed by atoms with van der Waals surface area (Å²) in [7, 11) is -3.75. The van der Waals surface area contributed by atoms with E-state index in [9.17, 15) is 13.2 Å². The topological polar surface area (TPSA) is 123 Å². The van der Waals surface area contributed by atoms with Gasteiger partial charge in [-0.25, -0.2) is 8.42 Å². The van der Waals surface area contributed by atoms with E-state index in [1.807, 2.05) is 6.07 Å². The number of nitrogens with zero attached hydrogens (tertiary/aromatic N) is 5. The predicted molar refractivity (Wildman–Crippen MR) is 105 cm³/mol. The first-order valence-corrected chi connectivity index (χ1v) is 10.9. The van der Waals surface area contributed by atoms with Crippen LogP contribution in [0.3, 0.4) is 0 Å². The average molecular weight is 431 g/mol. The van der Waals surface area contributed by atoms with Crippen LogP contribution in [0.2, 0.25) is 0 Å². The summed E-state index contributed by atoms with van der Waals surface area (Å²) in [5.74, 6) is 0.407. The van der Waals surface area contributed by atoms with E-state index >= 15 is 0 Å². The number of amides is 1. The number of sulfonamides is 1. The maximum absolute atomic E-state index is 13.0. The molecule has 3 aromatic heterocycles. The summed E-state index contributed by atoms with van der Waals surface area (Å²) in [5, 5.41) is 7.63. The Morgan fingerprint density at radius 2 is 1.93 bits per heavy atom. The van der Waals surface area contributed by atoms with Crippen molar-refractivity contribution >= 4 is 15.9 Å². The molecule has 0 saturated carbocycles. The second-order valence-electron chi connectivity index (χ2n) is 7.02. The summed E-state index contributed by atoms with van der Waals surface area (Å²) in [6.45, 7) is 4.31. The Morgan fingerprint density at radius 3 is 2.63 bits per heavy atom. The molecule has 1 fully saturated rings. The molecule has 0 radical (unpaired) electrons. The van der Waals surface area contributed by atoms with Crippen molar-refractivity contribution in [3.8, 4) is 11.3 Å². The minimum Gasteiger partial charge on any atom is -0.360 e. The Hall–Kier alpha value is -3.05. The first-order chi connectivity index (χ1) is 14.4. The number of hydrogen-bond donors (Lipinski definition) is 0. The summed E-state index contributed by atoms with van der Waals surface area (Å²) < 4.78 is 37.7. The van der Waals surface area contributed by atoms with Crippen LogP contribution in [0.1, 0.15) is 28.4 Å². The highest BCUT2D eigenvalue weighted by Gasteiger charge is 2.33. The van der Waals surface area contributed by atoms with Crippen molar-refractivity contribution in [2.75, 3.05) is 26.2 Å². The molecule has 3 aromatic rings. The number of rotatable bonds is 4. The van der Waals surface area contributed by atoms with Gasteiger partial charge in [-0.3, -0.25) is 9.78 Å². The van der Waals surface area contributed by atoms with Gasteiger partial charge >= 0.3 is 0 Å². The molecule has 30 heavy (non-hydrogen) atoms. The van der Waals surface area contributed by atoms with Crippen molar-refractivity contribution in [2.24, 2.45) is 0 Å². The van der Waals surface area contributed by atoms with Gasteiger partial charge in [0.25, 0.3) is 5.91 Å². The van der Waals surface area contributed by atoms with Crippen molar-refractivity contribution in [1.29, 1.82) is 0 Å². The highest BCUT2D eigenvalue weighted by atomic mass is 32.2. The molecule has 4 heterocycles. The van der Waals surface area contributed by atoms with Gasteiger partial charge < -0.3 is 13.9 Å². The van der Waals surface area contributed by atoms with Crippen LogP contribution in [0.15, 0.2) is 44.5 Å². The lowest BCUT2D eigenvalue weighted by Gasteiger charge is -2.21. The van der Waals surface area contributed by atoms with E-state index in [-0.39, 0.29) is 35.3 Å². The Morgan fingerprint density at radius 1 is 1.10 bits per heavy atom. The fourth-order valence-electron chi connectivity index (χ4n) is 3.49. The third-order valence-corrected chi connectivity index (χ3v) is 7.13. The SMILES string of the molecule is Cc1noc(C)c1S(=O)(=O)N1CCCN(C(=O)c2cc(-c3cccnc3)on2)CC1. The smallest absolute Gasteiger partial charge is 0.276 e. The molecule has 0 spiro atoms. The summed E-state index contributed by atoms with van der Waals surface area (Å²) in [6.07, 6.45) is 3.77. The molecule has 0 bridgehead atoms. The summed E-state index contributed by atoms with van der Waals surface area (Å²) >= 11 is 0. The van der Waals surface area contributed by atoms with Gasteiger partial charge in [-0.1, -0.05) is 10.3 Å². The van der Waals surface area contributed by atoms with Crippen molar-refractivity contribution in [1.82, 2.24) is 24.5 Å². The molecule has 11 heteroatoms. The number of pyridine rings is 1. The van der Waals surface area contributed by atoms with Gasteiger partial charge in [0.15, 0.2) is 17.2 Å². The van der Waals surface area contributed by atoms with Crippen molar-refractivity contribution in [3.05, 3.63) is 47.7 Å². The van der Waals surface area contributed by atoms with Crippen LogP contribution in [0.4, 0.5) is 0 Å². The molecule has 158 valence electrons. The number of aryl methyl sites for hydroxylation is 2. The molecule has 1 aliphatic rings. The van der Waals surface area contributed by atoms with E-state index in [2.05, 4.69) is 15.3 Å². The van der Waals surface area contributed by atoms with E-state index in [0.29, 0.717) is 31.0 Å². The molecular formula is C19H21N5O5S. The van der Waals surface area contributed by atoms with Crippen molar-refractivity contribution in [3.63, 3.8) is 0 Å². The number of aromatic nitrogens is 3. The molecule has 0 atom stereocenters. The van der Waals surface area contributed by atoms with Crippen molar-refractivity contribution < 1.29 is 22.3 Å². The molecule has 0 aromatic carbocycles. The molecule has 0 unspecified atom stereocenters. The van der Waals surface area contributed by atoms with E-state index in [4.69, 9.17) is 9.05 Å².